The van der Waals surface area contributed by atoms with Gasteiger partial charge in [-0.2, -0.15) is 4.39 Å². The van der Waals surface area contributed by atoms with Crippen LogP contribution in [0.15, 0.2) is 79.4 Å². The van der Waals surface area contributed by atoms with E-state index in [0.29, 0.717) is 0 Å². The van der Waals surface area contributed by atoms with Gasteiger partial charge in [-0.25, -0.2) is 24.2 Å². The maximum atomic E-state index is 14.8. The number of nitrogens with one attached hydrogen (secondary N) is 1. The maximum Gasteiger partial charge on any atom is 0.334 e. The van der Waals surface area contributed by atoms with Crippen molar-refractivity contribution in [3.63, 3.8) is 0 Å². The third-order valence-electron chi connectivity index (χ3n) is 7.24. The van der Waals surface area contributed by atoms with E-state index >= 15 is 0 Å². The van der Waals surface area contributed by atoms with Crippen LogP contribution in [0.1, 0.15) is 16.8 Å². The minimum Gasteiger partial charge on any atom is -0.508 e. The van der Waals surface area contributed by atoms with Crippen LogP contribution in [0.4, 0.5) is 13.6 Å². The fraction of sp³-hybridized carbons (Fsp3) is 0.267. The molecule has 2 aliphatic heterocycles. The van der Waals surface area contributed by atoms with E-state index in [2.05, 4.69) is 16.9 Å². The van der Waals surface area contributed by atoms with Crippen molar-refractivity contribution in [2.75, 3.05) is 19.6 Å². The molecule has 0 saturated carbocycles. The van der Waals surface area contributed by atoms with Crippen LogP contribution in [-0.2, 0) is 29.1 Å². The van der Waals surface area contributed by atoms with E-state index in [4.69, 9.17) is 0 Å². The number of aromatic nitrogens is 1. The summed E-state index contributed by atoms with van der Waals surface area (Å²) in [5.74, 6) is -2.65. The van der Waals surface area contributed by atoms with Gasteiger partial charge in [0, 0.05) is 25.6 Å². The van der Waals surface area contributed by atoms with Crippen molar-refractivity contribution in [1.29, 1.82) is 0 Å². The van der Waals surface area contributed by atoms with E-state index in [0.717, 1.165) is 11.6 Å². The number of fused-ring (bicyclic) bond motifs is 1. The Balaban J connectivity index is 1.51. The van der Waals surface area contributed by atoms with Gasteiger partial charge in [0.25, 0.3) is 0 Å². The van der Waals surface area contributed by atoms with Gasteiger partial charge in [-0.15, -0.1) is 6.58 Å². The number of aromatic hydroxyl groups is 1. The van der Waals surface area contributed by atoms with E-state index in [1.165, 1.54) is 39.1 Å². The summed E-state index contributed by atoms with van der Waals surface area (Å²) in [5, 5.41) is 15.5. The zero-order valence-corrected chi connectivity index (χ0v) is 22.7. The van der Waals surface area contributed by atoms with Crippen molar-refractivity contribution in [1.82, 2.24) is 30.1 Å². The zero-order chi connectivity index (χ0) is 29.8. The molecule has 0 bridgehead atoms. The molecule has 0 radical (unpaired) electrons. The summed E-state index contributed by atoms with van der Waals surface area (Å²) in [6, 6.07) is 15.4. The van der Waals surface area contributed by atoms with E-state index < -0.39 is 41.8 Å². The number of halogens is 2. The highest BCUT2D eigenvalue weighted by Crippen LogP contribution is 2.30. The molecular weight excluding hydrogens is 546 g/mol. The molecule has 12 heteroatoms. The van der Waals surface area contributed by atoms with Crippen molar-refractivity contribution in [3.8, 4) is 5.75 Å². The van der Waals surface area contributed by atoms with Crippen LogP contribution >= 0.6 is 0 Å². The van der Waals surface area contributed by atoms with Gasteiger partial charge < -0.3 is 20.2 Å². The number of phenols is 1. The molecule has 1 aromatic heterocycles. The Labute approximate surface area is 241 Å². The smallest absolute Gasteiger partial charge is 0.334 e. The number of carbonyl (C=O) groups excluding carboxylic acids is 3. The second-order valence-electron chi connectivity index (χ2n) is 10.1. The van der Waals surface area contributed by atoms with Crippen LogP contribution in [0.5, 0.6) is 5.75 Å². The van der Waals surface area contributed by atoms with Gasteiger partial charge in [0.2, 0.25) is 17.8 Å². The summed E-state index contributed by atoms with van der Waals surface area (Å²) in [4.78, 5) is 47.8. The molecule has 2 aliphatic rings. The average Bonchev–Trinajstić information content (AvgIpc) is 2.96. The van der Waals surface area contributed by atoms with E-state index in [1.807, 2.05) is 30.3 Å². The maximum absolute atomic E-state index is 14.8. The lowest BCUT2D eigenvalue weighted by molar-refractivity contribution is -0.189. The molecule has 2 aromatic carbocycles. The highest BCUT2D eigenvalue weighted by molar-refractivity contribution is 5.91. The van der Waals surface area contributed by atoms with Crippen LogP contribution in [0.2, 0.25) is 0 Å². The molecule has 5 rings (SSSR count). The number of hydrazine groups is 1. The first kappa shape index (κ1) is 28.7. The lowest BCUT2D eigenvalue weighted by Crippen LogP contribution is -2.76. The van der Waals surface area contributed by atoms with Gasteiger partial charge in [-0.1, -0.05) is 48.5 Å². The topological polar surface area (TPSA) is 109 Å². The van der Waals surface area contributed by atoms with Crippen molar-refractivity contribution < 1.29 is 28.3 Å². The Kier molecular flexibility index (Phi) is 8.43. The molecule has 2 fully saturated rings. The quantitative estimate of drug-likeness (QED) is 0.316. The molecule has 2 atom stereocenters. The largest absolute Gasteiger partial charge is 0.508 e. The van der Waals surface area contributed by atoms with Crippen LogP contribution < -0.4 is 5.32 Å². The fourth-order valence-electron chi connectivity index (χ4n) is 5.34. The highest BCUT2D eigenvalue weighted by Gasteiger charge is 2.51. The van der Waals surface area contributed by atoms with E-state index in [9.17, 15) is 28.3 Å². The Morgan fingerprint density at radius 3 is 2.60 bits per heavy atom. The van der Waals surface area contributed by atoms with Gasteiger partial charge in [-0.05, 0) is 29.3 Å². The summed E-state index contributed by atoms with van der Waals surface area (Å²) in [6.07, 6.45) is 0.395. The van der Waals surface area contributed by atoms with Crippen LogP contribution in [0.25, 0.3) is 0 Å². The van der Waals surface area contributed by atoms with Crippen molar-refractivity contribution in [2.45, 2.75) is 31.7 Å². The molecule has 10 nitrogen and oxygen atoms in total. The molecule has 218 valence electrons. The summed E-state index contributed by atoms with van der Waals surface area (Å²) in [5.41, 5.74) is 1.25. The van der Waals surface area contributed by atoms with Crippen molar-refractivity contribution in [2.24, 2.45) is 0 Å². The van der Waals surface area contributed by atoms with Crippen LogP contribution in [-0.4, -0.2) is 79.6 Å². The minimum atomic E-state index is -1.18. The summed E-state index contributed by atoms with van der Waals surface area (Å²) in [7, 11) is 0. The SMILES string of the molecule is C=CCN1CC(=O)N2C(CN(Cc3cccc(F)n3)C(=O)[C@@H]2Cc2ccc(O)cc2F)N1C(=O)NCc1ccccc1. The number of piperazine rings is 1. The number of carbonyl (C=O) groups is 3. The molecule has 2 saturated heterocycles. The second kappa shape index (κ2) is 12.4. The first-order valence-electron chi connectivity index (χ1n) is 13.4. The summed E-state index contributed by atoms with van der Waals surface area (Å²) >= 11 is 0. The number of pyridine rings is 1. The van der Waals surface area contributed by atoms with Gasteiger partial charge in [0.05, 0.1) is 25.3 Å². The molecule has 0 spiro atoms. The molecule has 3 aromatic rings. The zero-order valence-electron chi connectivity index (χ0n) is 22.7. The van der Waals surface area contributed by atoms with Gasteiger partial charge in [-0.3, -0.25) is 9.59 Å². The number of nitrogens with zero attached hydrogens (tertiary/aromatic N) is 5. The molecule has 2 N–H and O–H groups in total. The molecule has 1 unspecified atom stereocenters. The number of benzene rings is 2. The molecule has 3 heterocycles. The number of hydrogen-bond acceptors (Lipinski definition) is 6. The number of urea groups is 1. The molecular formula is C30H30F2N6O4. The molecule has 0 aliphatic carbocycles. The van der Waals surface area contributed by atoms with E-state index in [-0.39, 0.29) is 56.2 Å². The third-order valence-corrected chi connectivity index (χ3v) is 7.24. The predicted molar refractivity (Wildman–Crippen MR) is 148 cm³/mol. The fourth-order valence-corrected chi connectivity index (χ4v) is 5.34. The van der Waals surface area contributed by atoms with E-state index in [1.54, 1.807) is 17.2 Å². The average molecular weight is 577 g/mol. The second-order valence-corrected chi connectivity index (χ2v) is 10.1. The number of amides is 4. The monoisotopic (exact) mass is 576 g/mol. The summed E-state index contributed by atoms with van der Waals surface area (Å²) in [6.45, 7) is 3.75. The lowest BCUT2D eigenvalue weighted by atomic mass is 9.98. The number of hydrogen-bond donors (Lipinski definition) is 2. The first-order valence-corrected chi connectivity index (χ1v) is 13.4. The number of phenolic OH excluding ortho intramolecular Hbond substituents is 1. The normalized spacial score (nSPS) is 19.0. The Morgan fingerprint density at radius 1 is 1.10 bits per heavy atom. The van der Waals surface area contributed by atoms with Gasteiger partial charge in [0.15, 0.2) is 0 Å². The van der Waals surface area contributed by atoms with Crippen molar-refractivity contribution in [3.05, 3.63) is 108 Å². The van der Waals surface area contributed by atoms with Crippen LogP contribution in [0, 0.1) is 11.8 Å². The minimum absolute atomic E-state index is 0.0926. The lowest BCUT2D eigenvalue weighted by Gasteiger charge is -2.55. The molecule has 42 heavy (non-hydrogen) atoms. The molecule has 4 amide bonds. The van der Waals surface area contributed by atoms with Gasteiger partial charge in [0.1, 0.15) is 23.8 Å². The van der Waals surface area contributed by atoms with Crippen LogP contribution in [0.3, 0.4) is 0 Å². The van der Waals surface area contributed by atoms with Gasteiger partial charge >= 0.3 is 6.03 Å². The highest BCUT2D eigenvalue weighted by atomic mass is 19.1. The third kappa shape index (κ3) is 6.08. The Morgan fingerprint density at radius 2 is 1.88 bits per heavy atom. The summed E-state index contributed by atoms with van der Waals surface area (Å²) < 4.78 is 28.7. The predicted octanol–water partition coefficient (Wildman–Crippen LogP) is 2.80. The number of rotatable bonds is 8. The first-order chi connectivity index (χ1) is 20.2. The standard InChI is InChI=1S/C30H30F2N6O4/c1-2-13-36-19-28(40)37-25(14-21-11-12-23(39)15-24(21)31)29(41)35(17-22-9-6-10-26(32)34-22)18-27(37)38(36)30(42)33-16-20-7-4-3-5-8-20/h2-12,15,25,27,39H,1,13-14,16-19H2,(H,33,42)/t25-,27?/m0/s1. The van der Waals surface area contributed by atoms with Crippen molar-refractivity contribution >= 4 is 17.8 Å². The Bertz CT molecular complexity index is 1490. The Hall–Kier alpha value is -4.84.